The number of H-pyrrole nitrogens is 2. The summed E-state index contributed by atoms with van der Waals surface area (Å²) in [5.74, 6) is 1.90. The summed E-state index contributed by atoms with van der Waals surface area (Å²) >= 11 is 0. The summed E-state index contributed by atoms with van der Waals surface area (Å²) in [7, 11) is 0. The molecular formula is C50H73ClN12O6. The number of ether oxygens (including phenoxy) is 3. The number of hydrogen-bond donors (Lipinski definition) is 5. The summed E-state index contributed by atoms with van der Waals surface area (Å²) < 4.78 is 16.4. The molecule has 2 aromatic carbocycles. The molecule has 8 rings (SSSR count). The summed E-state index contributed by atoms with van der Waals surface area (Å²) in [5, 5.41) is 10.7. The molecule has 0 bridgehead atoms. The first-order chi connectivity index (χ1) is 32.8. The molecule has 0 aliphatic carbocycles. The maximum absolute atomic E-state index is 11.8. The quantitative estimate of drug-likeness (QED) is 0.0384. The maximum atomic E-state index is 11.8. The van der Waals surface area contributed by atoms with Crippen LogP contribution >= 0.6 is 12.4 Å². The molecule has 0 unspecified atom stereocenters. The monoisotopic (exact) mass is 973 g/mol. The van der Waals surface area contributed by atoms with Crippen molar-refractivity contribution in [1.82, 2.24) is 39.7 Å². The van der Waals surface area contributed by atoms with E-state index in [9.17, 15) is 9.59 Å². The van der Waals surface area contributed by atoms with Gasteiger partial charge in [0.05, 0.1) is 50.3 Å². The number of halogens is 1. The van der Waals surface area contributed by atoms with E-state index in [2.05, 4.69) is 89.8 Å². The van der Waals surface area contributed by atoms with Crippen LogP contribution in [0.5, 0.6) is 0 Å². The Kier molecular flexibility index (Phi) is 19.0. The SMILES string of the molecule is CCCCc1nc2c([nH]1)c(N)nc1cc(N3CCN(CCOCCC(=O)O)CC3)ccc12.CCCCc1nc2c([nH]1)c(N)nc1cc(N3CCN(CCOCCC(=O)OC(C)(C)C)CC3)ccc12.Cl. The van der Waals surface area contributed by atoms with Gasteiger partial charge in [-0.1, -0.05) is 26.7 Å². The fraction of sp³-hybridized carbons (Fsp3) is 0.560. The van der Waals surface area contributed by atoms with E-state index in [4.69, 9.17) is 40.8 Å². The Labute approximate surface area is 411 Å². The largest absolute Gasteiger partial charge is 0.481 e. The first kappa shape index (κ1) is 52.8. The number of nitrogens with zero attached hydrogens (tertiary/aromatic N) is 8. The van der Waals surface area contributed by atoms with E-state index in [-0.39, 0.29) is 37.8 Å². The molecule has 7 N–H and O–H groups in total. The summed E-state index contributed by atoms with van der Waals surface area (Å²) in [5.41, 5.74) is 19.6. The van der Waals surface area contributed by atoms with E-state index in [1.54, 1.807) is 0 Å². The topological polar surface area (TPSA) is 230 Å². The molecule has 376 valence electrons. The molecule has 69 heavy (non-hydrogen) atoms. The summed E-state index contributed by atoms with van der Waals surface area (Å²) in [6.45, 7) is 21.0. The summed E-state index contributed by atoms with van der Waals surface area (Å²) in [6.07, 6.45) is 6.62. The highest BCUT2D eigenvalue weighted by atomic mass is 35.5. The van der Waals surface area contributed by atoms with Gasteiger partial charge >= 0.3 is 11.9 Å². The lowest BCUT2D eigenvalue weighted by Gasteiger charge is -2.36. The minimum absolute atomic E-state index is 0. The summed E-state index contributed by atoms with van der Waals surface area (Å²) in [4.78, 5) is 57.5. The van der Waals surface area contributed by atoms with Crippen LogP contribution in [0.2, 0.25) is 0 Å². The first-order valence-electron chi connectivity index (χ1n) is 24.5. The number of esters is 1. The van der Waals surface area contributed by atoms with Crippen molar-refractivity contribution in [2.75, 3.05) is 113 Å². The third-order valence-electron chi connectivity index (χ3n) is 12.4. The Bertz CT molecular complexity index is 2620. The minimum Gasteiger partial charge on any atom is -0.481 e. The molecule has 0 saturated carbocycles. The second kappa shape index (κ2) is 24.8. The standard InChI is InChI=1S/C27H40N6O3.C23H32N6O3.ClH/c1-5-6-7-22-30-24-20-9-8-19(18-21(20)29-26(28)25(24)31-22)33-13-11-32(12-14-33)15-17-35-16-10-23(34)36-27(2,3)4;1-2-3-4-19-26-21-17-6-5-16(15-18(17)25-23(24)22(21)27-19)29-10-8-28(9-11-29)12-14-32-13-7-20(30)31;/h8-9,18H,5-7,10-17H2,1-4H3,(H2,28,29)(H,30,31);5-6,15H,2-4,7-14H2,1H3,(H2,24,25)(H,26,27)(H,30,31);1H. The number of imidazole rings is 2. The van der Waals surface area contributed by atoms with Crippen LogP contribution in [-0.4, -0.2) is 154 Å². The van der Waals surface area contributed by atoms with Gasteiger partial charge in [0.1, 0.15) is 51.0 Å². The fourth-order valence-corrected chi connectivity index (χ4v) is 8.68. The number of rotatable bonds is 20. The third-order valence-corrected chi connectivity index (χ3v) is 12.4. The highest BCUT2D eigenvalue weighted by molar-refractivity contribution is 6.08. The number of carbonyl (C=O) groups excluding carboxylic acids is 1. The molecule has 0 radical (unpaired) electrons. The minimum atomic E-state index is -0.824. The predicted molar refractivity (Wildman–Crippen MR) is 278 cm³/mol. The molecule has 0 atom stereocenters. The van der Waals surface area contributed by atoms with Crippen LogP contribution in [0.25, 0.3) is 43.9 Å². The number of aromatic amines is 2. The molecule has 2 fully saturated rings. The zero-order chi connectivity index (χ0) is 48.2. The van der Waals surface area contributed by atoms with Crippen LogP contribution in [0.4, 0.5) is 23.0 Å². The number of aromatic nitrogens is 6. The van der Waals surface area contributed by atoms with Gasteiger partial charge in [0.25, 0.3) is 0 Å². The lowest BCUT2D eigenvalue weighted by atomic mass is 10.1. The highest BCUT2D eigenvalue weighted by Gasteiger charge is 2.22. The van der Waals surface area contributed by atoms with Crippen LogP contribution in [0.1, 0.15) is 84.8 Å². The number of hydrogen-bond acceptors (Lipinski definition) is 15. The Balaban J connectivity index is 0.000000225. The Morgan fingerprint density at radius 2 is 1.09 bits per heavy atom. The molecular weight excluding hydrogens is 900 g/mol. The number of nitrogen functional groups attached to an aromatic ring is 2. The number of aryl methyl sites for hydroxylation is 2. The Morgan fingerprint density at radius 3 is 1.49 bits per heavy atom. The normalized spacial score (nSPS) is 14.9. The van der Waals surface area contributed by atoms with E-state index >= 15 is 0 Å². The molecule has 0 spiro atoms. The van der Waals surface area contributed by atoms with E-state index < -0.39 is 11.6 Å². The Hall–Kier alpha value is -5.53. The van der Waals surface area contributed by atoms with E-state index in [0.29, 0.717) is 31.5 Å². The first-order valence-corrected chi connectivity index (χ1v) is 24.5. The van der Waals surface area contributed by atoms with Gasteiger partial charge in [0, 0.05) is 100 Å². The van der Waals surface area contributed by atoms with E-state index in [1.807, 2.05) is 20.8 Å². The molecule has 6 heterocycles. The zero-order valence-electron chi connectivity index (χ0n) is 41.1. The van der Waals surface area contributed by atoms with Crippen molar-refractivity contribution >= 4 is 91.2 Å². The van der Waals surface area contributed by atoms with Crippen LogP contribution in [-0.2, 0) is 36.6 Å². The number of anilines is 4. The van der Waals surface area contributed by atoms with Crippen molar-refractivity contribution in [1.29, 1.82) is 0 Å². The van der Waals surface area contributed by atoms with Crippen LogP contribution in [0, 0.1) is 0 Å². The van der Waals surface area contributed by atoms with Gasteiger partial charge in [-0.25, -0.2) is 19.9 Å². The van der Waals surface area contributed by atoms with Crippen molar-refractivity contribution in [2.45, 2.75) is 91.6 Å². The van der Waals surface area contributed by atoms with E-state index in [0.717, 1.165) is 171 Å². The van der Waals surface area contributed by atoms with Gasteiger partial charge in [-0.05, 0) is 70.0 Å². The molecule has 19 heteroatoms. The number of aliphatic carboxylic acids is 1. The van der Waals surface area contributed by atoms with Crippen molar-refractivity contribution in [3.05, 3.63) is 48.0 Å². The van der Waals surface area contributed by atoms with Crippen molar-refractivity contribution in [2.24, 2.45) is 0 Å². The second-order valence-corrected chi connectivity index (χ2v) is 18.8. The third kappa shape index (κ3) is 14.5. The van der Waals surface area contributed by atoms with Crippen LogP contribution < -0.4 is 21.3 Å². The lowest BCUT2D eigenvalue weighted by Crippen LogP contribution is -2.47. The van der Waals surface area contributed by atoms with Crippen molar-refractivity contribution in [3.8, 4) is 0 Å². The molecule has 18 nitrogen and oxygen atoms in total. The fourth-order valence-electron chi connectivity index (χ4n) is 8.68. The number of carboxylic acid groups (broad SMARTS) is 1. The average molecular weight is 974 g/mol. The number of carbonyl (C=O) groups is 2. The second-order valence-electron chi connectivity index (χ2n) is 18.8. The van der Waals surface area contributed by atoms with Gasteiger partial charge in [0.2, 0.25) is 0 Å². The number of nitrogens with one attached hydrogen (secondary N) is 2. The smallest absolute Gasteiger partial charge is 0.308 e. The van der Waals surface area contributed by atoms with Gasteiger partial charge in [0.15, 0.2) is 0 Å². The molecule has 6 aromatic rings. The number of benzene rings is 2. The lowest BCUT2D eigenvalue weighted by molar-refractivity contribution is -0.156. The summed E-state index contributed by atoms with van der Waals surface area (Å²) in [6, 6.07) is 12.8. The molecule has 4 aromatic heterocycles. The number of piperazine rings is 2. The molecule has 0 amide bonds. The molecule has 2 saturated heterocycles. The van der Waals surface area contributed by atoms with Crippen LogP contribution in [0.15, 0.2) is 36.4 Å². The number of nitrogens with two attached hydrogens (primary N) is 2. The zero-order valence-corrected chi connectivity index (χ0v) is 42.0. The number of carboxylic acids is 1. The number of unbranched alkanes of at least 4 members (excludes halogenated alkanes) is 2. The number of fused-ring (bicyclic) bond motifs is 6. The molecule has 2 aliphatic heterocycles. The number of pyridine rings is 2. The van der Waals surface area contributed by atoms with Crippen LogP contribution in [0.3, 0.4) is 0 Å². The van der Waals surface area contributed by atoms with Gasteiger partial charge < -0.3 is 50.6 Å². The maximum Gasteiger partial charge on any atom is 0.308 e. The van der Waals surface area contributed by atoms with Gasteiger partial charge in [-0.2, -0.15) is 0 Å². The Morgan fingerprint density at radius 1 is 0.652 bits per heavy atom. The van der Waals surface area contributed by atoms with Crippen molar-refractivity contribution in [3.63, 3.8) is 0 Å². The van der Waals surface area contributed by atoms with Crippen molar-refractivity contribution < 1.29 is 28.9 Å². The predicted octanol–water partition coefficient (Wildman–Crippen LogP) is 6.98. The average Bonchev–Trinajstić information content (AvgIpc) is 3.96. The highest BCUT2D eigenvalue weighted by Crippen LogP contribution is 2.32. The van der Waals surface area contributed by atoms with Gasteiger partial charge in [-0.15, -0.1) is 12.4 Å². The molecule has 2 aliphatic rings. The van der Waals surface area contributed by atoms with E-state index in [1.165, 1.54) is 0 Å². The van der Waals surface area contributed by atoms with Gasteiger partial charge in [-0.3, -0.25) is 19.4 Å².